The van der Waals surface area contributed by atoms with Crippen molar-refractivity contribution in [3.63, 3.8) is 0 Å². The smallest absolute Gasteiger partial charge is 0.407 e. The SMILES string of the molecule is CC(C)(C)OC(=O)NCCCNC(=O)c1cncc(-c2cnc(Nc3cc(N4CCOCC4)ccn3)s2)c1. The van der Waals surface area contributed by atoms with Crippen LogP contribution in [0.2, 0.25) is 0 Å². The van der Waals surface area contributed by atoms with Gasteiger partial charge in [-0.2, -0.15) is 0 Å². The molecule has 0 atom stereocenters. The van der Waals surface area contributed by atoms with E-state index in [1.165, 1.54) is 17.5 Å². The van der Waals surface area contributed by atoms with Crippen molar-refractivity contribution in [1.82, 2.24) is 25.6 Å². The second-order valence-corrected chi connectivity index (χ2v) is 10.7. The number of anilines is 3. The Hall–Kier alpha value is -3.77. The highest BCUT2D eigenvalue weighted by Gasteiger charge is 2.16. The van der Waals surface area contributed by atoms with Crippen molar-refractivity contribution in [3.05, 3.63) is 48.5 Å². The highest BCUT2D eigenvalue weighted by molar-refractivity contribution is 7.18. The number of aromatic nitrogens is 3. The zero-order valence-electron chi connectivity index (χ0n) is 21.8. The Morgan fingerprint density at radius 3 is 2.66 bits per heavy atom. The van der Waals surface area contributed by atoms with E-state index in [9.17, 15) is 9.59 Å². The summed E-state index contributed by atoms with van der Waals surface area (Å²) in [4.78, 5) is 40.6. The molecule has 3 aromatic heterocycles. The number of hydrogen-bond donors (Lipinski definition) is 3. The summed E-state index contributed by atoms with van der Waals surface area (Å²) in [6.07, 6.45) is 6.86. The van der Waals surface area contributed by atoms with E-state index in [0.717, 1.165) is 42.4 Å². The standard InChI is InChI=1S/C26H33N7O4S/c1-26(2,3)37-25(35)30-7-4-6-29-23(34)19-13-18(15-27-16-19)21-17-31-24(38-21)32-22-14-20(5-8-28-22)33-9-11-36-12-10-33/h5,8,13-17H,4,6-7,9-12H2,1-3H3,(H,29,34)(H,30,35)(H,28,31,32). The normalized spacial score (nSPS) is 13.6. The Kier molecular flexibility index (Phi) is 9.08. The van der Waals surface area contributed by atoms with Crippen LogP contribution >= 0.6 is 11.3 Å². The second-order valence-electron chi connectivity index (χ2n) is 9.65. The first-order valence-corrected chi connectivity index (χ1v) is 13.3. The van der Waals surface area contributed by atoms with E-state index in [1.807, 2.05) is 12.1 Å². The molecule has 0 aliphatic carbocycles. The molecule has 0 saturated carbocycles. The number of rotatable bonds is 9. The first-order valence-electron chi connectivity index (χ1n) is 12.5. The number of nitrogens with zero attached hydrogens (tertiary/aromatic N) is 4. The van der Waals surface area contributed by atoms with Gasteiger partial charge in [-0.1, -0.05) is 11.3 Å². The maximum absolute atomic E-state index is 12.6. The van der Waals surface area contributed by atoms with E-state index < -0.39 is 11.7 Å². The van der Waals surface area contributed by atoms with Gasteiger partial charge in [0.05, 0.1) is 23.7 Å². The quantitative estimate of drug-likeness (QED) is 0.347. The molecule has 3 aromatic rings. The Balaban J connectivity index is 1.29. The summed E-state index contributed by atoms with van der Waals surface area (Å²) in [6.45, 7) is 9.37. The molecule has 202 valence electrons. The van der Waals surface area contributed by atoms with Crippen molar-refractivity contribution in [3.8, 4) is 10.4 Å². The molecule has 11 nitrogen and oxygen atoms in total. The van der Waals surface area contributed by atoms with Crippen LogP contribution in [0.5, 0.6) is 0 Å². The van der Waals surface area contributed by atoms with Crippen molar-refractivity contribution in [2.75, 3.05) is 49.6 Å². The number of thiazole rings is 1. The lowest BCUT2D eigenvalue weighted by Gasteiger charge is -2.28. The highest BCUT2D eigenvalue weighted by Crippen LogP contribution is 2.31. The lowest BCUT2D eigenvalue weighted by Crippen LogP contribution is -2.36. The first-order chi connectivity index (χ1) is 18.3. The number of amides is 2. The maximum atomic E-state index is 12.6. The minimum atomic E-state index is -0.545. The van der Waals surface area contributed by atoms with Crippen LogP contribution in [0.15, 0.2) is 43.0 Å². The van der Waals surface area contributed by atoms with Crippen molar-refractivity contribution in [2.45, 2.75) is 32.8 Å². The van der Waals surface area contributed by atoms with Crippen LogP contribution in [0.3, 0.4) is 0 Å². The fraction of sp³-hybridized carbons (Fsp3) is 0.423. The van der Waals surface area contributed by atoms with Gasteiger partial charge in [0, 0.05) is 68.3 Å². The summed E-state index contributed by atoms with van der Waals surface area (Å²) in [5.74, 6) is 0.478. The van der Waals surface area contributed by atoms with Gasteiger partial charge in [0.15, 0.2) is 5.13 Å². The number of morpholine rings is 1. The van der Waals surface area contributed by atoms with E-state index >= 15 is 0 Å². The van der Waals surface area contributed by atoms with Crippen LogP contribution in [0.25, 0.3) is 10.4 Å². The molecule has 1 fully saturated rings. The number of carbonyl (C=O) groups excluding carboxylic acids is 2. The molecule has 4 heterocycles. The molecule has 0 spiro atoms. The molecule has 1 saturated heterocycles. The molecule has 0 bridgehead atoms. The number of hydrogen-bond acceptors (Lipinski definition) is 10. The number of alkyl carbamates (subject to hydrolysis) is 1. The zero-order chi connectivity index (χ0) is 27.0. The van der Waals surface area contributed by atoms with Crippen molar-refractivity contribution in [2.24, 2.45) is 0 Å². The summed E-state index contributed by atoms with van der Waals surface area (Å²) in [6, 6.07) is 5.78. The Labute approximate surface area is 226 Å². The van der Waals surface area contributed by atoms with Crippen LogP contribution < -0.4 is 20.9 Å². The molecule has 3 N–H and O–H groups in total. The summed E-state index contributed by atoms with van der Waals surface area (Å²) in [5.41, 5.74) is 1.79. The van der Waals surface area contributed by atoms with Crippen LogP contribution in [-0.2, 0) is 9.47 Å². The Bertz CT molecular complexity index is 1240. The molecule has 2 amide bonds. The Morgan fingerprint density at radius 2 is 1.87 bits per heavy atom. The van der Waals surface area contributed by atoms with E-state index in [1.54, 1.807) is 45.4 Å². The molecule has 4 rings (SSSR count). The van der Waals surface area contributed by atoms with Gasteiger partial charge in [-0.05, 0) is 39.3 Å². The summed E-state index contributed by atoms with van der Waals surface area (Å²) >= 11 is 1.45. The van der Waals surface area contributed by atoms with E-state index in [2.05, 4.69) is 35.8 Å². The van der Waals surface area contributed by atoms with Gasteiger partial charge in [-0.25, -0.2) is 14.8 Å². The maximum Gasteiger partial charge on any atom is 0.407 e. The van der Waals surface area contributed by atoms with Crippen molar-refractivity contribution < 1.29 is 19.1 Å². The minimum Gasteiger partial charge on any atom is -0.444 e. The first kappa shape index (κ1) is 27.3. The average Bonchev–Trinajstić information content (AvgIpc) is 3.36. The lowest BCUT2D eigenvalue weighted by atomic mass is 10.2. The van der Waals surface area contributed by atoms with Crippen LogP contribution in [0, 0.1) is 0 Å². The van der Waals surface area contributed by atoms with Gasteiger partial charge in [-0.15, -0.1) is 0 Å². The third kappa shape index (κ3) is 8.12. The molecule has 0 aromatic carbocycles. The van der Waals surface area contributed by atoms with Crippen molar-refractivity contribution >= 4 is 40.0 Å². The monoisotopic (exact) mass is 539 g/mol. The molecule has 1 aliphatic heterocycles. The molecular weight excluding hydrogens is 506 g/mol. The molecule has 1 aliphatic rings. The number of nitrogens with one attached hydrogen (secondary N) is 3. The summed E-state index contributed by atoms with van der Waals surface area (Å²) in [5, 5.41) is 9.49. The number of carbonyl (C=O) groups is 2. The number of ether oxygens (including phenoxy) is 2. The third-order valence-corrected chi connectivity index (χ3v) is 6.41. The van der Waals surface area contributed by atoms with E-state index in [4.69, 9.17) is 9.47 Å². The van der Waals surface area contributed by atoms with Crippen LogP contribution in [-0.4, -0.2) is 71.9 Å². The van der Waals surface area contributed by atoms with Gasteiger partial charge in [0.2, 0.25) is 0 Å². The average molecular weight is 540 g/mol. The lowest BCUT2D eigenvalue weighted by molar-refractivity contribution is 0.0527. The van der Waals surface area contributed by atoms with Gasteiger partial charge in [0.25, 0.3) is 5.91 Å². The van der Waals surface area contributed by atoms with Gasteiger partial charge in [0.1, 0.15) is 11.4 Å². The van der Waals surface area contributed by atoms with Gasteiger partial charge >= 0.3 is 6.09 Å². The van der Waals surface area contributed by atoms with Gasteiger partial charge in [-0.3, -0.25) is 9.78 Å². The van der Waals surface area contributed by atoms with Crippen LogP contribution in [0.1, 0.15) is 37.6 Å². The Morgan fingerprint density at radius 1 is 1.08 bits per heavy atom. The van der Waals surface area contributed by atoms with E-state index in [0.29, 0.717) is 36.0 Å². The van der Waals surface area contributed by atoms with E-state index in [-0.39, 0.29) is 5.91 Å². The largest absolute Gasteiger partial charge is 0.444 e. The zero-order valence-corrected chi connectivity index (χ0v) is 22.6. The topological polar surface area (TPSA) is 131 Å². The predicted molar refractivity (Wildman–Crippen MR) is 147 cm³/mol. The molecule has 0 radical (unpaired) electrons. The fourth-order valence-electron chi connectivity index (χ4n) is 3.68. The molecule has 0 unspecified atom stereocenters. The predicted octanol–water partition coefficient (Wildman–Crippen LogP) is 3.82. The van der Waals surface area contributed by atoms with Crippen LogP contribution in [0.4, 0.5) is 21.4 Å². The molecule has 38 heavy (non-hydrogen) atoms. The van der Waals surface area contributed by atoms with Crippen molar-refractivity contribution in [1.29, 1.82) is 0 Å². The molecule has 12 heteroatoms. The fourth-order valence-corrected chi connectivity index (χ4v) is 4.48. The third-order valence-electron chi connectivity index (χ3n) is 5.45. The summed E-state index contributed by atoms with van der Waals surface area (Å²) < 4.78 is 10.6. The van der Waals surface area contributed by atoms with Gasteiger partial charge < -0.3 is 30.3 Å². The highest BCUT2D eigenvalue weighted by atomic mass is 32.1. The molecular formula is C26H33N7O4S. The number of pyridine rings is 2. The second kappa shape index (κ2) is 12.7. The minimum absolute atomic E-state index is 0.233. The summed E-state index contributed by atoms with van der Waals surface area (Å²) in [7, 11) is 0.